The predicted octanol–water partition coefficient (Wildman–Crippen LogP) is 4.71. The molecular formula is C25H22N2O5. The molecule has 0 atom stereocenters. The molecule has 162 valence electrons. The van der Waals surface area contributed by atoms with E-state index in [0.717, 1.165) is 16.8 Å². The standard InChI is InChI=1S/C25H22N2O5/c1-2-30-18-9-7-17(8-10-18)11-13-32-22-15-19(31-14-12-26)16-27-21-6-4-3-5-20(21)23(24(22)27)25(28)29/h3-10,15-16H,2,11,13-14H2,1H3,(H,28,29). The number of hydrogen-bond acceptors (Lipinski definition) is 5. The van der Waals surface area contributed by atoms with Gasteiger partial charge in [0.25, 0.3) is 0 Å². The van der Waals surface area contributed by atoms with Crippen molar-refractivity contribution < 1.29 is 24.1 Å². The first-order valence-corrected chi connectivity index (χ1v) is 10.3. The van der Waals surface area contributed by atoms with Gasteiger partial charge in [0, 0.05) is 17.9 Å². The van der Waals surface area contributed by atoms with Crippen molar-refractivity contribution in [3.05, 3.63) is 71.9 Å². The van der Waals surface area contributed by atoms with Gasteiger partial charge in [-0.15, -0.1) is 0 Å². The molecule has 1 N–H and O–H groups in total. The maximum absolute atomic E-state index is 12.1. The number of rotatable bonds is 9. The zero-order valence-corrected chi connectivity index (χ0v) is 17.6. The average Bonchev–Trinajstić information content (AvgIpc) is 3.14. The summed E-state index contributed by atoms with van der Waals surface area (Å²) in [4.78, 5) is 12.1. The van der Waals surface area contributed by atoms with Crippen molar-refractivity contribution in [3.8, 4) is 23.3 Å². The third-order valence-electron chi connectivity index (χ3n) is 5.07. The number of hydrogen-bond donors (Lipinski definition) is 1. The smallest absolute Gasteiger partial charge is 0.338 e. The summed E-state index contributed by atoms with van der Waals surface area (Å²) in [5, 5.41) is 19.4. The van der Waals surface area contributed by atoms with E-state index in [-0.39, 0.29) is 12.2 Å². The Labute approximate surface area is 185 Å². The summed E-state index contributed by atoms with van der Waals surface area (Å²) in [6.07, 6.45) is 2.31. The summed E-state index contributed by atoms with van der Waals surface area (Å²) in [6, 6.07) is 18.6. The SMILES string of the molecule is CCOc1ccc(CCOc2cc(OCC#N)cn3c2c(C(=O)O)c2ccccc23)cc1. The molecule has 0 fully saturated rings. The Kier molecular flexibility index (Phi) is 6.13. The van der Waals surface area contributed by atoms with Crippen LogP contribution in [0.5, 0.6) is 17.2 Å². The number of nitriles is 1. The van der Waals surface area contributed by atoms with Crippen LogP contribution in [-0.2, 0) is 6.42 Å². The topological polar surface area (TPSA) is 93.2 Å². The van der Waals surface area contributed by atoms with Crippen LogP contribution in [-0.4, -0.2) is 35.3 Å². The fourth-order valence-electron chi connectivity index (χ4n) is 3.72. The van der Waals surface area contributed by atoms with Crippen LogP contribution in [0, 0.1) is 11.3 Å². The molecule has 0 bridgehead atoms. The van der Waals surface area contributed by atoms with E-state index in [9.17, 15) is 9.90 Å². The molecule has 2 aromatic heterocycles. The van der Waals surface area contributed by atoms with Gasteiger partial charge in [-0.3, -0.25) is 0 Å². The number of carboxylic acids is 1. The number of carboxylic acid groups (broad SMARTS) is 1. The Morgan fingerprint density at radius 3 is 2.56 bits per heavy atom. The second-order valence-corrected chi connectivity index (χ2v) is 7.08. The average molecular weight is 430 g/mol. The number of benzene rings is 2. The van der Waals surface area contributed by atoms with Gasteiger partial charge in [-0.1, -0.05) is 30.3 Å². The number of nitrogens with zero attached hydrogens (tertiary/aromatic N) is 2. The maximum Gasteiger partial charge on any atom is 0.338 e. The maximum atomic E-state index is 12.1. The van der Waals surface area contributed by atoms with Gasteiger partial charge < -0.3 is 23.7 Å². The molecule has 0 aliphatic heterocycles. The molecule has 0 aliphatic rings. The molecule has 4 rings (SSSR count). The number of fused-ring (bicyclic) bond motifs is 3. The Morgan fingerprint density at radius 1 is 1.06 bits per heavy atom. The fourth-order valence-corrected chi connectivity index (χ4v) is 3.72. The lowest BCUT2D eigenvalue weighted by Gasteiger charge is -2.12. The van der Waals surface area contributed by atoms with Gasteiger partial charge in [0.1, 0.15) is 28.8 Å². The summed E-state index contributed by atoms with van der Waals surface area (Å²) in [5.41, 5.74) is 2.41. The number of ether oxygens (including phenoxy) is 3. The number of aromatic carboxylic acids is 1. The lowest BCUT2D eigenvalue weighted by atomic mass is 10.1. The van der Waals surface area contributed by atoms with E-state index >= 15 is 0 Å². The molecule has 0 saturated heterocycles. The monoisotopic (exact) mass is 430 g/mol. The number of carbonyl (C=O) groups is 1. The van der Waals surface area contributed by atoms with Crippen molar-refractivity contribution in [2.45, 2.75) is 13.3 Å². The van der Waals surface area contributed by atoms with Crippen LogP contribution < -0.4 is 14.2 Å². The molecule has 0 aliphatic carbocycles. The largest absolute Gasteiger partial charge is 0.494 e. The quantitative estimate of drug-likeness (QED) is 0.413. The number of pyridine rings is 1. The summed E-state index contributed by atoms with van der Waals surface area (Å²) >= 11 is 0. The van der Waals surface area contributed by atoms with E-state index in [4.69, 9.17) is 19.5 Å². The van der Waals surface area contributed by atoms with Crippen LogP contribution in [0.1, 0.15) is 22.8 Å². The highest BCUT2D eigenvalue weighted by atomic mass is 16.5. The molecular weight excluding hydrogens is 408 g/mol. The fraction of sp³-hybridized carbons (Fsp3) is 0.200. The molecule has 4 aromatic rings. The van der Waals surface area contributed by atoms with Crippen molar-refractivity contribution in [2.24, 2.45) is 0 Å². The predicted molar refractivity (Wildman–Crippen MR) is 120 cm³/mol. The van der Waals surface area contributed by atoms with Crippen LogP contribution in [0.2, 0.25) is 0 Å². The van der Waals surface area contributed by atoms with Crippen LogP contribution >= 0.6 is 0 Å². The Morgan fingerprint density at radius 2 is 1.84 bits per heavy atom. The van der Waals surface area contributed by atoms with Crippen molar-refractivity contribution in [3.63, 3.8) is 0 Å². The zero-order chi connectivity index (χ0) is 22.5. The third-order valence-corrected chi connectivity index (χ3v) is 5.07. The van der Waals surface area contributed by atoms with Crippen molar-refractivity contribution in [2.75, 3.05) is 19.8 Å². The summed E-state index contributed by atoms with van der Waals surface area (Å²) in [7, 11) is 0. The highest BCUT2D eigenvalue weighted by Crippen LogP contribution is 2.36. The second-order valence-electron chi connectivity index (χ2n) is 7.08. The third kappa shape index (κ3) is 4.16. The minimum atomic E-state index is -1.04. The highest BCUT2D eigenvalue weighted by molar-refractivity contribution is 6.12. The van der Waals surface area contributed by atoms with Crippen LogP contribution in [0.15, 0.2) is 60.8 Å². The number of para-hydroxylation sites is 1. The van der Waals surface area contributed by atoms with Crippen LogP contribution in [0.3, 0.4) is 0 Å². The highest BCUT2D eigenvalue weighted by Gasteiger charge is 2.22. The van der Waals surface area contributed by atoms with Gasteiger partial charge in [0.15, 0.2) is 6.61 Å². The van der Waals surface area contributed by atoms with Gasteiger partial charge in [-0.2, -0.15) is 5.26 Å². The Balaban J connectivity index is 1.70. The van der Waals surface area contributed by atoms with E-state index in [0.29, 0.717) is 42.0 Å². The second kappa shape index (κ2) is 9.31. The molecule has 7 heteroatoms. The van der Waals surface area contributed by atoms with Crippen molar-refractivity contribution in [1.29, 1.82) is 5.26 Å². The van der Waals surface area contributed by atoms with E-state index in [1.54, 1.807) is 28.8 Å². The molecule has 0 saturated carbocycles. The molecule has 7 nitrogen and oxygen atoms in total. The molecule has 32 heavy (non-hydrogen) atoms. The normalized spacial score (nSPS) is 10.8. The minimum absolute atomic E-state index is 0.123. The van der Waals surface area contributed by atoms with Gasteiger partial charge in [0.2, 0.25) is 0 Å². The zero-order valence-electron chi connectivity index (χ0n) is 17.6. The van der Waals surface area contributed by atoms with Crippen molar-refractivity contribution >= 4 is 22.4 Å². The number of aromatic nitrogens is 1. The molecule has 2 heterocycles. The summed E-state index contributed by atoms with van der Waals surface area (Å²) in [5.74, 6) is 0.589. The first-order chi connectivity index (χ1) is 15.6. The molecule has 0 unspecified atom stereocenters. The summed E-state index contributed by atoms with van der Waals surface area (Å²) < 4.78 is 18.8. The van der Waals surface area contributed by atoms with E-state index < -0.39 is 5.97 Å². The molecule has 2 aromatic carbocycles. The molecule has 0 amide bonds. The molecule has 0 radical (unpaired) electrons. The summed E-state index contributed by atoms with van der Waals surface area (Å²) in [6.45, 7) is 2.77. The van der Waals surface area contributed by atoms with Crippen molar-refractivity contribution in [1.82, 2.24) is 4.40 Å². The Hall–Kier alpha value is -4.18. The van der Waals surface area contributed by atoms with Gasteiger partial charge in [-0.25, -0.2) is 4.79 Å². The van der Waals surface area contributed by atoms with E-state index in [1.165, 1.54) is 0 Å². The van der Waals surface area contributed by atoms with E-state index in [1.807, 2.05) is 49.4 Å². The minimum Gasteiger partial charge on any atom is -0.494 e. The van der Waals surface area contributed by atoms with Gasteiger partial charge >= 0.3 is 5.97 Å². The van der Waals surface area contributed by atoms with Gasteiger partial charge in [-0.05, 0) is 30.7 Å². The van der Waals surface area contributed by atoms with Crippen LogP contribution in [0.4, 0.5) is 0 Å². The first-order valence-electron chi connectivity index (χ1n) is 10.3. The first kappa shape index (κ1) is 21.1. The molecule has 0 spiro atoms. The van der Waals surface area contributed by atoms with E-state index in [2.05, 4.69) is 0 Å². The lowest BCUT2D eigenvalue weighted by molar-refractivity contribution is 0.0700. The lowest BCUT2D eigenvalue weighted by Crippen LogP contribution is -2.05. The Bertz CT molecular complexity index is 1300. The van der Waals surface area contributed by atoms with Crippen LogP contribution in [0.25, 0.3) is 16.4 Å². The van der Waals surface area contributed by atoms with Gasteiger partial charge in [0.05, 0.1) is 30.5 Å².